The summed E-state index contributed by atoms with van der Waals surface area (Å²) in [5.41, 5.74) is 2.03. The first kappa shape index (κ1) is 17.1. The summed E-state index contributed by atoms with van der Waals surface area (Å²) in [5, 5.41) is 4.20. The molecule has 0 bridgehead atoms. The van der Waals surface area contributed by atoms with Crippen molar-refractivity contribution in [3.05, 3.63) is 60.4 Å². The van der Waals surface area contributed by atoms with Gasteiger partial charge in [0.05, 0.1) is 10.8 Å². The van der Waals surface area contributed by atoms with Crippen LogP contribution in [0.2, 0.25) is 0 Å². The van der Waals surface area contributed by atoms with E-state index in [1.165, 1.54) is 25.0 Å². The third kappa shape index (κ3) is 4.03. The number of carbonyl (C=O) groups excluding carboxylic acids is 2. The number of nitrogens with zero attached hydrogens (tertiary/aromatic N) is 2. The zero-order valence-electron chi connectivity index (χ0n) is 13.9. The highest BCUT2D eigenvalue weighted by atomic mass is 32.2. The third-order valence-corrected chi connectivity index (χ3v) is 4.82. The lowest BCUT2D eigenvalue weighted by Gasteiger charge is -2.13. The average Bonchev–Trinajstić information content (AvgIpc) is 2.62. The van der Waals surface area contributed by atoms with E-state index in [9.17, 15) is 9.59 Å². The molecule has 126 valence electrons. The Morgan fingerprint density at radius 2 is 1.88 bits per heavy atom. The van der Waals surface area contributed by atoms with Gasteiger partial charge < -0.3 is 5.32 Å². The van der Waals surface area contributed by atoms with Gasteiger partial charge in [-0.2, -0.15) is 0 Å². The molecular formula is C19H17N3O2S. The molecule has 0 saturated carbocycles. The Hall–Kier alpha value is -2.73. The lowest BCUT2D eigenvalue weighted by atomic mass is 10.1. The normalized spacial score (nSPS) is 11.9. The SMILES string of the molecule is CC(=O)c1cccc(NC(=O)[C@@H](C)Sc2ncnc3ccccc23)c1. The van der Waals surface area contributed by atoms with Crippen molar-refractivity contribution in [1.29, 1.82) is 0 Å². The first-order valence-electron chi connectivity index (χ1n) is 7.83. The second-order valence-electron chi connectivity index (χ2n) is 5.58. The number of amides is 1. The van der Waals surface area contributed by atoms with Crippen LogP contribution in [0, 0.1) is 0 Å². The van der Waals surface area contributed by atoms with E-state index >= 15 is 0 Å². The second kappa shape index (κ2) is 7.44. The number of Topliss-reactive ketones (excluding diaryl/α,β-unsaturated/α-hetero) is 1. The Balaban J connectivity index is 1.74. The number of ketones is 1. The number of carbonyl (C=O) groups is 2. The third-order valence-electron chi connectivity index (χ3n) is 3.70. The molecule has 1 heterocycles. The number of rotatable bonds is 5. The van der Waals surface area contributed by atoms with Crippen LogP contribution in [0.15, 0.2) is 59.9 Å². The van der Waals surface area contributed by atoms with Gasteiger partial charge in [0.15, 0.2) is 5.78 Å². The lowest BCUT2D eigenvalue weighted by Crippen LogP contribution is -2.22. The van der Waals surface area contributed by atoms with Crippen molar-refractivity contribution >= 4 is 40.0 Å². The minimum Gasteiger partial charge on any atom is -0.325 e. The molecule has 25 heavy (non-hydrogen) atoms. The zero-order chi connectivity index (χ0) is 17.8. The van der Waals surface area contributed by atoms with Crippen molar-refractivity contribution in [2.75, 3.05) is 5.32 Å². The average molecular weight is 351 g/mol. The maximum atomic E-state index is 12.5. The van der Waals surface area contributed by atoms with Gasteiger partial charge in [-0.15, -0.1) is 0 Å². The van der Waals surface area contributed by atoms with Crippen LogP contribution >= 0.6 is 11.8 Å². The van der Waals surface area contributed by atoms with Crippen LogP contribution in [0.4, 0.5) is 5.69 Å². The predicted octanol–water partition coefficient (Wildman–Crippen LogP) is 3.95. The molecule has 1 aromatic heterocycles. The molecule has 5 nitrogen and oxygen atoms in total. The van der Waals surface area contributed by atoms with E-state index in [1.54, 1.807) is 24.3 Å². The highest BCUT2D eigenvalue weighted by Crippen LogP contribution is 2.28. The number of para-hydroxylation sites is 1. The van der Waals surface area contributed by atoms with Crippen molar-refractivity contribution in [2.45, 2.75) is 24.1 Å². The molecule has 0 unspecified atom stereocenters. The van der Waals surface area contributed by atoms with Crippen LogP contribution in [0.1, 0.15) is 24.2 Å². The summed E-state index contributed by atoms with van der Waals surface area (Å²) in [6, 6.07) is 14.6. The molecule has 6 heteroatoms. The van der Waals surface area contributed by atoms with Crippen molar-refractivity contribution in [3.8, 4) is 0 Å². The molecule has 1 N–H and O–H groups in total. The van der Waals surface area contributed by atoms with Crippen LogP contribution in [0.5, 0.6) is 0 Å². The molecule has 0 aliphatic carbocycles. The second-order valence-corrected chi connectivity index (χ2v) is 6.91. The van der Waals surface area contributed by atoms with Crippen LogP contribution in [0.25, 0.3) is 10.9 Å². The quantitative estimate of drug-likeness (QED) is 0.428. The summed E-state index contributed by atoms with van der Waals surface area (Å²) in [6.45, 7) is 3.32. The molecule has 0 saturated heterocycles. The van der Waals surface area contributed by atoms with Crippen LogP contribution in [-0.2, 0) is 4.79 Å². The molecule has 2 aromatic carbocycles. The molecule has 0 radical (unpaired) electrons. The Labute approximate surface area is 149 Å². The number of thioether (sulfide) groups is 1. The summed E-state index contributed by atoms with van der Waals surface area (Å²) in [7, 11) is 0. The Morgan fingerprint density at radius 3 is 2.68 bits per heavy atom. The smallest absolute Gasteiger partial charge is 0.237 e. The number of aromatic nitrogens is 2. The van der Waals surface area contributed by atoms with E-state index in [0.717, 1.165) is 15.9 Å². The highest BCUT2D eigenvalue weighted by Gasteiger charge is 2.17. The minimum atomic E-state index is -0.348. The molecule has 0 fully saturated rings. The van der Waals surface area contributed by atoms with E-state index in [4.69, 9.17) is 0 Å². The predicted molar refractivity (Wildman–Crippen MR) is 99.9 cm³/mol. The number of hydrogen-bond acceptors (Lipinski definition) is 5. The highest BCUT2D eigenvalue weighted by molar-refractivity contribution is 8.00. The molecule has 1 amide bonds. The molecule has 0 spiro atoms. The van der Waals surface area contributed by atoms with Crippen LogP contribution < -0.4 is 5.32 Å². The van der Waals surface area contributed by atoms with Gasteiger partial charge in [-0.05, 0) is 32.0 Å². The van der Waals surface area contributed by atoms with Gasteiger partial charge in [0.25, 0.3) is 0 Å². The van der Waals surface area contributed by atoms with E-state index < -0.39 is 0 Å². The summed E-state index contributed by atoms with van der Waals surface area (Å²) in [4.78, 5) is 32.5. The Bertz CT molecular complexity index is 937. The fourth-order valence-electron chi connectivity index (χ4n) is 2.35. The molecule has 1 atom stereocenters. The minimum absolute atomic E-state index is 0.0361. The van der Waals surface area contributed by atoms with E-state index in [1.807, 2.05) is 31.2 Å². The molecule has 0 aliphatic rings. The molecular weight excluding hydrogens is 334 g/mol. The van der Waals surface area contributed by atoms with E-state index in [-0.39, 0.29) is 16.9 Å². The Morgan fingerprint density at radius 1 is 1.08 bits per heavy atom. The maximum absolute atomic E-state index is 12.5. The van der Waals surface area contributed by atoms with Gasteiger partial charge in [-0.25, -0.2) is 9.97 Å². The van der Waals surface area contributed by atoms with Crippen molar-refractivity contribution in [2.24, 2.45) is 0 Å². The van der Waals surface area contributed by atoms with E-state index in [0.29, 0.717) is 11.3 Å². The van der Waals surface area contributed by atoms with Gasteiger partial charge in [-0.1, -0.05) is 42.1 Å². The van der Waals surface area contributed by atoms with Gasteiger partial charge in [-0.3, -0.25) is 9.59 Å². The zero-order valence-corrected chi connectivity index (χ0v) is 14.7. The van der Waals surface area contributed by atoms with Gasteiger partial charge >= 0.3 is 0 Å². The molecule has 3 rings (SSSR count). The standard InChI is InChI=1S/C19H17N3O2S/c1-12(23)14-6-5-7-15(10-14)22-18(24)13(2)25-19-16-8-3-4-9-17(16)20-11-21-19/h3-11,13H,1-2H3,(H,22,24)/t13-/m1/s1. The summed E-state index contributed by atoms with van der Waals surface area (Å²) in [6.07, 6.45) is 1.51. The largest absolute Gasteiger partial charge is 0.325 e. The van der Waals surface area contributed by atoms with Gasteiger partial charge in [0.2, 0.25) is 5.91 Å². The summed E-state index contributed by atoms with van der Waals surface area (Å²) in [5.74, 6) is -0.181. The van der Waals surface area contributed by atoms with Crippen LogP contribution in [0.3, 0.4) is 0 Å². The lowest BCUT2D eigenvalue weighted by molar-refractivity contribution is -0.115. The van der Waals surface area contributed by atoms with Crippen molar-refractivity contribution < 1.29 is 9.59 Å². The number of anilines is 1. The van der Waals surface area contributed by atoms with Crippen molar-refractivity contribution in [1.82, 2.24) is 9.97 Å². The fourth-order valence-corrected chi connectivity index (χ4v) is 3.26. The first-order valence-corrected chi connectivity index (χ1v) is 8.71. The monoisotopic (exact) mass is 351 g/mol. The number of nitrogens with one attached hydrogen (secondary N) is 1. The molecule has 0 aliphatic heterocycles. The van der Waals surface area contributed by atoms with Crippen LogP contribution in [-0.4, -0.2) is 26.9 Å². The number of fused-ring (bicyclic) bond motifs is 1. The fraction of sp³-hybridized carbons (Fsp3) is 0.158. The number of benzene rings is 2. The maximum Gasteiger partial charge on any atom is 0.237 e. The molecule has 3 aromatic rings. The summed E-state index contributed by atoms with van der Waals surface area (Å²) >= 11 is 1.38. The topological polar surface area (TPSA) is 72.0 Å². The first-order chi connectivity index (χ1) is 12.0. The van der Waals surface area contributed by atoms with E-state index in [2.05, 4.69) is 15.3 Å². The van der Waals surface area contributed by atoms with Gasteiger partial charge in [0, 0.05) is 16.6 Å². The van der Waals surface area contributed by atoms with Gasteiger partial charge in [0.1, 0.15) is 11.4 Å². The van der Waals surface area contributed by atoms with Crippen molar-refractivity contribution in [3.63, 3.8) is 0 Å². The number of hydrogen-bond donors (Lipinski definition) is 1. The summed E-state index contributed by atoms with van der Waals surface area (Å²) < 4.78 is 0. The Kier molecular flexibility index (Phi) is 5.09.